The minimum absolute atomic E-state index is 0.0351. The number of carbonyl (C=O) groups is 1. The highest BCUT2D eigenvalue weighted by Crippen LogP contribution is 2.17. The van der Waals surface area contributed by atoms with Gasteiger partial charge in [-0.15, -0.1) is 0 Å². The van der Waals surface area contributed by atoms with Crippen molar-refractivity contribution in [3.05, 3.63) is 34.4 Å². The maximum atomic E-state index is 12.1. The van der Waals surface area contributed by atoms with E-state index >= 15 is 0 Å². The molecule has 0 saturated heterocycles. The molecule has 0 radical (unpaired) electrons. The van der Waals surface area contributed by atoms with Gasteiger partial charge in [-0.1, -0.05) is 17.7 Å². The number of rotatable bonds is 6. The normalized spacial score (nSPS) is 12.5. The van der Waals surface area contributed by atoms with Gasteiger partial charge in [-0.3, -0.25) is 4.79 Å². The minimum Gasteiger partial charge on any atom is -0.382 e. The summed E-state index contributed by atoms with van der Waals surface area (Å²) in [5.41, 5.74) is 3.99. The number of hydrogen-bond donors (Lipinski definition) is 0. The topological polar surface area (TPSA) is 35.5 Å². The van der Waals surface area contributed by atoms with Crippen molar-refractivity contribution in [3.8, 4) is 0 Å². The molecule has 100 valence electrons. The molecule has 1 atom stereocenters. The Hall–Kier alpha value is -1.19. The number of ether oxygens (including phenoxy) is 2. The molecule has 0 heterocycles. The largest absolute Gasteiger partial charge is 0.382 e. The summed E-state index contributed by atoms with van der Waals surface area (Å²) in [4.78, 5) is 12.1. The minimum atomic E-state index is -0.0648. The van der Waals surface area contributed by atoms with E-state index in [1.54, 1.807) is 7.11 Å². The smallest absolute Gasteiger partial charge is 0.189 e. The fourth-order valence-corrected chi connectivity index (χ4v) is 2.19. The van der Waals surface area contributed by atoms with Gasteiger partial charge in [0.25, 0.3) is 0 Å². The standard InChI is InChI=1S/C15H22O3/c1-10-6-11(2)15(12(3)7-10)14(16)9-18-13(4)8-17-5/h6-7,13H,8-9H2,1-5H3. The summed E-state index contributed by atoms with van der Waals surface area (Å²) in [6, 6.07) is 4.05. The van der Waals surface area contributed by atoms with Crippen LogP contribution in [0.3, 0.4) is 0 Å². The van der Waals surface area contributed by atoms with Crippen molar-refractivity contribution in [2.45, 2.75) is 33.8 Å². The molecule has 1 unspecified atom stereocenters. The summed E-state index contributed by atoms with van der Waals surface area (Å²) in [6.45, 7) is 8.46. The Morgan fingerprint density at radius 1 is 1.22 bits per heavy atom. The fraction of sp³-hybridized carbons (Fsp3) is 0.533. The summed E-state index contributed by atoms with van der Waals surface area (Å²) in [5.74, 6) is 0.0351. The lowest BCUT2D eigenvalue weighted by molar-refractivity contribution is 0.0125. The third-order valence-corrected chi connectivity index (χ3v) is 2.86. The van der Waals surface area contributed by atoms with Gasteiger partial charge >= 0.3 is 0 Å². The Kier molecular flexibility index (Phi) is 5.51. The molecule has 0 bridgehead atoms. The Morgan fingerprint density at radius 2 is 1.78 bits per heavy atom. The van der Waals surface area contributed by atoms with Gasteiger partial charge in [-0.25, -0.2) is 0 Å². The summed E-state index contributed by atoms with van der Waals surface area (Å²) in [5, 5.41) is 0. The molecule has 0 fully saturated rings. The second-order valence-electron chi connectivity index (χ2n) is 4.77. The van der Waals surface area contributed by atoms with Crippen LogP contribution in [0.1, 0.15) is 34.0 Å². The predicted molar refractivity (Wildman–Crippen MR) is 72.3 cm³/mol. The molecule has 1 aromatic carbocycles. The molecule has 0 saturated carbocycles. The van der Waals surface area contributed by atoms with E-state index < -0.39 is 0 Å². The van der Waals surface area contributed by atoms with Crippen molar-refractivity contribution < 1.29 is 14.3 Å². The van der Waals surface area contributed by atoms with Crippen LogP contribution in [-0.4, -0.2) is 32.2 Å². The van der Waals surface area contributed by atoms with Crippen LogP contribution in [0, 0.1) is 20.8 Å². The lowest BCUT2D eigenvalue weighted by Crippen LogP contribution is -2.21. The van der Waals surface area contributed by atoms with E-state index in [2.05, 4.69) is 0 Å². The number of benzene rings is 1. The van der Waals surface area contributed by atoms with Crippen molar-refractivity contribution in [3.63, 3.8) is 0 Å². The maximum absolute atomic E-state index is 12.1. The molecule has 0 spiro atoms. The van der Waals surface area contributed by atoms with E-state index in [-0.39, 0.29) is 18.5 Å². The van der Waals surface area contributed by atoms with Crippen molar-refractivity contribution in [1.29, 1.82) is 0 Å². The Morgan fingerprint density at radius 3 is 2.28 bits per heavy atom. The predicted octanol–water partition coefficient (Wildman–Crippen LogP) is 2.85. The van der Waals surface area contributed by atoms with Gasteiger partial charge in [0.15, 0.2) is 5.78 Å². The molecule has 3 nitrogen and oxygen atoms in total. The van der Waals surface area contributed by atoms with Crippen LogP contribution in [0.25, 0.3) is 0 Å². The number of ketones is 1. The molecular formula is C15H22O3. The quantitative estimate of drug-likeness (QED) is 0.728. The molecule has 1 rings (SSSR count). The summed E-state index contributed by atoms with van der Waals surface area (Å²) in [6.07, 6.45) is -0.0648. The SMILES string of the molecule is COCC(C)OCC(=O)c1c(C)cc(C)cc1C. The van der Waals surface area contributed by atoms with Crippen LogP contribution in [-0.2, 0) is 9.47 Å². The third-order valence-electron chi connectivity index (χ3n) is 2.86. The molecule has 0 aliphatic carbocycles. The van der Waals surface area contributed by atoms with Gasteiger partial charge in [0.05, 0.1) is 12.7 Å². The van der Waals surface area contributed by atoms with Gasteiger partial charge in [0, 0.05) is 12.7 Å². The van der Waals surface area contributed by atoms with Gasteiger partial charge < -0.3 is 9.47 Å². The van der Waals surface area contributed by atoms with Crippen LogP contribution < -0.4 is 0 Å². The van der Waals surface area contributed by atoms with Gasteiger partial charge in [0.1, 0.15) is 6.61 Å². The van der Waals surface area contributed by atoms with E-state index in [9.17, 15) is 4.79 Å². The van der Waals surface area contributed by atoms with Crippen molar-refractivity contribution >= 4 is 5.78 Å². The molecular weight excluding hydrogens is 228 g/mol. The Balaban J connectivity index is 2.73. The molecule has 1 aromatic rings. The second-order valence-corrected chi connectivity index (χ2v) is 4.77. The molecule has 0 aromatic heterocycles. The summed E-state index contributed by atoms with van der Waals surface area (Å²) < 4.78 is 10.4. The van der Waals surface area contributed by atoms with Gasteiger partial charge in [-0.2, -0.15) is 0 Å². The van der Waals surface area contributed by atoms with E-state index in [1.165, 1.54) is 5.56 Å². The number of Topliss-reactive ketones (excluding diaryl/α,β-unsaturated/α-hetero) is 1. The third kappa shape index (κ3) is 3.93. The first-order valence-electron chi connectivity index (χ1n) is 6.17. The fourth-order valence-electron chi connectivity index (χ4n) is 2.19. The maximum Gasteiger partial charge on any atom is 0.189 e. The van der Waals surface area contributed by atoms with Crippen molar-refractivity contribution in [2.75, 3.05) is 20.3 Å². The van der Waals surface area contributed by atoms with Crippen LogP contribution in [0.15, 0.2) is 12.1 Å². The second kappa shape index (κ2) is 6.66. The summed E-state index contributed by atoms with van der Waals surface area (Å²) >= 11 is 0. The highest BCUT2D eigenvalue weighted by Gasteiger charge is 2.14. The molecule has 0 aliphatic heterocycles. The first kappa shape index (κ1) is 14.9. The number of hydrogen-bond acceptors (Lipinski definition) is 3. The lowest BCUT2D eigenvalue weighted by atomic mass is 9.97. The number of carbonyl (C=O) groups excluding carboxylic acids is 1. The summed E-state index contributed by atoms with van der Waals surface area (Å²) in [7, 11) is 1.62. The first-order valence-corrected chi connectivity index (χ1v) is 6.17. The molecule has 3 heteroatoms. The van der Waals surface area contributed by atoms with Crippen molar-refractivity contribution in [1.82, 2.24) is 0 Å². The average molecular weight is 250 g/mol. The van der Waals surface area contributed by atoms with Crippen LogP contribution >= 0.6 is 0 Å². The van der Waals surface area contributed by atoms with E-state index in [1.807, 2.05) is 39.8 Å². The van der Waals surface area contributed by atoms with Crippen LogP contribution in [0.2, 0.25) is 0 Å². The highest BCUT2D eigenvalue weighted by atomic mass is 16.5. The van der Waals surface area contributed by atoms with Gasteiger partial charge in [-0.05, 0) is 38.8 Å². The highest BCUT2D eigenvalue weighted by molar-refractivity contribution is 5.99. The first-order chi connectivity index (χ1) is 8.45. The zero-order valence-electron chi connectivity index (χ0n) is 11.9. The zero-order chi connectivity index (χ0) is 13.7. The Labute approximate surface area is 109 Å². The molecule has 18 heavy (non-hydrogen) atoms. The molecule has 0 N–H and O–H groups in total. The van der Waals surface area contributed by atoms with Crippen molar-refractivity contribution in [2.24, 2.45) is 0 Å². The monoisotopic (exact) mass is 250 g/mol. The van der Waals surface area contributed by atoms with Crippen LogP contribution in [0.5, 0.6) is 0 Å². The number of aryl methyl sites for hydroxylation is 3. The van der Waals surface area contributed by atoms with Gasteiger partial charge in [0.2, 0.25) is 0 Å². The molecule has 0 amide bonds. The van der Waals surface area contributed by atoms with E-state index in [0.29, 0.717) is 6.61 Å². The van der Waals surface area contributed by atoms with E-state index in [4.69, 9.17) is 9.47 Å². The van der Waals surface area contributed by atoms with Crippen LogP contribution in [0.4, 0.5) is 0 Å². The van der Waals surface area contributed by atoms with E-state index in [0.717, 1.165) is 16.7 Å². The Bertz CT molecular complexity index is 401. The number of methoxy groups -OCH3 is 1. The zero-order valence-corrected chi connectivity index (χ0v) is 11.9. The lowest BCUT2D eigenvalue weighted by Gasteiger charge is -2.14. The average Bonchev–Trinajstić information content (AvgIpc) is 2.25. The molecule has 0 aliphatic rings.